The van der Waals surface area contributed by atoms with E-state index in [1.165, 1.54) is 0 Å². The highest BCUT2D eigenvalue weighted by Crippen LogP contribution is 2.13. The van der Waals surface area contributed by atoms with E-state index in [2.05, 4.69) is 30.5 Å². The van der Waals surface area contributed by atoms with Gasteiger partial charge in [0.05, 0.1) is 17.6 Å². The van der Waals surface area contributed by atoms with Crippen molar-refractivity contribution in [2.45, 2.75) is 19.3 Å². The summed E-state index contributed by atoms with van der Waals surface area (Å²) in [6.45, 7) is 0.295. The SMILES string of the molecule is O=C1CCCC(=O)N1CCS(=O)(=O)NCCNc1ccc(Nc2cccnc2)nn1. The van der Waals surface area contributed by atoms with Gasteiger partial charge in [0.25, 0.3) is 0 Å². The highest BCUT2D eigenvalue weighted by atomic mass is 32.2. The molecule has 2 amide bonds. The number of aromatic nitrogens is 3. The van der Waals surface area contributed by atoms with Crippen LogP contribution in [0.3, 0.4) is 0 Å². The number of nitrogens with zero attached hydrogens (tertiary/aromatic N) is 4. The van der Waals surface area contributed by atoms with Crippen LogP contribution in [0.1, 0.15) is 19.3 Å². The van der Waals surface area contributed by atoms with E-state index in [9.17, 15) is 18.0 Å². The minimum Gasteiger partial charge on any atom is -0.367 e. The number of imide groups is 1. The van der Waals surface area contributed by atoms with Crippen molar-refractivity contribution in [3.63, 3.8) is 0 Å². The second-order valence-electron chi connectivity index (χ2n) is 6.60. The van der Waals surface area contributed by atoms with E-state index in [1.807, 2.05) is 6.07 Å². The third-order valence-corrected chi connectivity index (χ3v) is 5.68. The third-order valence-electron chi connectivity index (χ3n) is 4.32. The van der Waals surface area contributed by atoms with Gasteiger partial charge >= 0.3 is 0 Å². The normalized spacial score (nSPS) is 14.6. The van der Waals surface area contributed by atoms with Crippen LogP contribution in [0.15, 0.2) is 36.7 Å². The standard InChI is InChI=1S/C18H23N7O4S/c26-17-4-1-5-18(27)25(17)11-12-30(28,29)21-10-9-20-15-6-7-16(24-23-15)22-14-3-2-8-19-13-14/h2-3,6-8,13,21H,1,4-5,9-12H2,(H,20,23)(H,22,24). The molecule has 1 saturated heterocycles. The summed E-state index contributed by atoms with van der Waals surface area (Å²) < 4.78 is 26.6. The van der Waals surface area contributed by atoms with Crippen LogP contribution in [0.2, 0.25) is 0 Å². The Labute approximate surface area is 174 Å². The quantitative estimate of drug-likeness (QED) is 0.360. The zero-order valence-corrected chi connectivity index (χ0v) is 17.1. The van der Waals surface area contributed by atoms with Crippen molar-refractivity contribution in [1.82, 2.24) is 24.8 Å². The first-order chi connectivity index (χ1) is 14.4. The molecule has 1 aliphatic heterocycles. The molecule has 0 atom stereocenters. The molecule has 0 radical (unpaired) electrons. The number of nitrogens with one attached hydrogen (secondary N) is 3. The second kappa shape index (κ2) is 10.1. The van der Waals surface area contributed by atoms with Crippen molar-refractivity contribution >= 4 is 39.2 Å². The second-order valence-corrected chi connectivity index (χ2v) is 8.53. The maximum atomic E-state index is 12.1. The van der Waals surface area contributed by atoms with E-state index in [0.29, 0.717) is 24.6 Å². The Bertz CT molecular complexity index is 952. The van der Waals surface area contributed by atoms with E-state index in [-0.39, 0.29) is 43.5 Å². The number of hydrogen-bond acceptors (Lipinski definition) is 9. The van der Waals surface area contributed by atoms with Crippen molar-refractivity contribution < 1.29 is 18.0 Å². The molecule has 3 rings (SSSR count). The maximum absolute atomic E-state index is 12.1. The van der Waals surface area contributed by atoms with Crippen molar-refractivity contribution in [1.29, 1.82) is 0 Å². The highest BCUT2D eigenvalue weighted by molar-refractivity contribution is 7.89. The molecule has 0 aliphatic carbocycles. The van der Waals surface area contributed by atoms with Gasteiger partial charge in [-0.1, -0.05) is 0 Å². The molecule has 0 spiro atoms. The Balaban J connectivity index is 1.38. The van der Waals surface area contributed by atoms with Crippen LogP contribution in [0.25, 0.3) is 0 Å². The van der Waals surface area contributed by atoms with Crippen molar-refractivity contribution in [3.8, 4) is 0 Å². The van der Waals surface area contributed by atoms with Gasteiger partial charge in [0.1, 0.15) is 5.82 Å². The number of hydrogen-bond donors (Lipinski definition) is 3. The van der Waals surface area contributed by atoms with E-state index in [1.54, 1.807) is 30.6 Å². The van der Waals surface area contributed by atoms with Gasteiger partial charge in [-0.25, -0.2) is 13.1 Å². The number of pyridine rings is 1. The molecule has 2 aromatic heterocycles. The third kappa shape index (κ3) is 6.46. The van der Waals surface area contributed by atoms with E-state index in [4.69, 9.17) is 0 Å². The van der Waals surface area contributed by atoms with Gasteiger partial charge in [-0.05, 0) is 30.7 Å². The summed E-state index contributed by atoms with van der Waals surface area (Å²) in [7, 11) is -3.61. The van der Waals surface area contributed by atoms with E-state index < -0.39 is 10.0 Å². The summed E-state index contributed by atoms with van der Waals surface area (Å²) >= 11 is 0. The predicted octanol–water partition coefficient (Wildman–Crippen LogP) is 0.486. The van der Waals surface area contributed by atoms with Crippen molar-refractivity contribution in [2.24, 2.45) is 0 Å². The summed E-state index contributed by atoms with van der Waals surface area (Å²) in [6, 6.07) is 7.10. The summed E-state index contributed by atoms with van der Waals surface area (Å²) in [6.07, 6.45) is 4.41. The number of amides is 2. The fraction of sp³-hybridized carbons (Fsp3) is 0.389. The minimum atomic E-state index is -3.61. The van der Waals surface area contributed by atoms with Crippen LogP contribution < -0.4 is 15.4 Å². The number of carbonyl (C=O) groups is 2. The summed E-state index contributed by atoms with van der Waals surface area (Å²) in [5.41, 5.74) is 0.787. The molecule has 0 bridgehead atoms. The lowest BCUT2D eigenvalue weighted by atomic mass is 10.1. The monoisotopic (exact) mass is 433 g/mol. The molecule has 3 heterocycles. The Morgan fingerprint density at radius 1 is 1.00 bits per heavy atom. The maximum Gasteiger partial charge on any atom is 0.229 e. The Morgan fingerprint density at radius 3 is 2.40 bits per heavy atom. The molecule has 160 valence electrons. The lowest BCUT2D eigenvalue weighted by molar-refractivity contribution is -0.147. The zero-order valence-electron chi connectivity index (χ0n) is 16.2. The van der Waals surface area contributed by atoms with Gasteiger partial charge in [-0.2, -0.15) is 0 Å². The van der Waals surface area contributed by atoms with Gasteiger partial charge in [0, 0.05) is 38.7 Å². The Morgan fingerprint density at radius 2 is 1.73 bits per heavy atom. The summed E-state index contributed by atoms with van der Waals surface area (Å²) in [5.74, 6) is 0.0942. The molecule has 0 aromatic carbocycles. The minimum absolute atomic E-state index is 0.127. The van der Waals surface area contributed by atoms with Crippen molar-refractivity contribution in [2.75, 3.05) is 36.0 Å². The predicted molar refractivity (Wildman–Crippen MR) is 110 cm³/mol. The lowest BCUT2D eigenvalue weighted by Gasteiger charge is -2.24. The molecule has 1 aliphatic rings. The summed E-state index contributed by atoms with van der Waals surface area (Å²) in [5, 5.41) is 14.1. The first kappa shape index (κ1) is 21.6. The smallest absolute Gasteiger partial charge is 0.229 e. The molecule has 12 heteroatoms. The van der Waals surface area contributed by atoms with Gasteiger partial charge in [0.15, 0.2) is 5.82 Å². The molecule has 2 aromatic rings. The van der Waals surface area contributed by atoms with Gasteiger partial charge in [0.2, 0.25) is 21.8 Å². The first-order valence-electron chi connectivity index (χ1n) is 9.48. The number of anilines is 3. The zero-order chi connectivity index (χ0) is 21.4. The summed E-state index contributed by atoms with van der Waals surface area (Å²) in [4.78, 5) is 28.5. The average molecular weight is 433 g/mol. The van der Waals surface area contributed by atoms with Crippen LogP contribution in [0.4, 0.5) is 17.3 Å². The molecule has 11 nitrogen and oxygen atoms in total. The van der Waals surface area contributed by atoms with Gasteiger partial charge in [-0.15, -0.1) is 10.2 Å². The van der Waals surface area contributed by atoms with Crippen LogP contribution in [-0.2, 0) is 19.6 Å². The average Bonchev–Trinajstić information content (AvgIpc) is 2.73. The highest BCUT2D eigenvalue weighted by Gasteiger charge is 2.27. The number of carbonyl (C=O) groups excluding carboxylic acids is 2. The number of sulfonamides is 1. The van der Waals surface area contributed by atoms with Gasteiger partial charge in [-0.3, -0.25) is 19.5 Å². The first-order valence-corrected chi connectivity index (χ1v) is 11.1. The van der Waals surface area contributed by atoms with E-state index in [0.717, 1.165) is 10.6 Å². The van der Waals surface area contributed by atoms with Crippen LogP contribution >= 0.6 is 0 Å². The molecule has 0 unspecified atom stereocenters. The van der Waals surface area contributed by atoms with Crippen molar-refractivity contribution in [3.05, 3.63) is 36.7 Å². The fourth-order valence-corrected chi connectivity index (χ4v) is 3.79. The number of rotatable bonds is 10. The van der Waals surface area contributed by atoms with Crippen LogP contribution in [-0.4, -0.2) is 65.7 Å². The van der Waals surface area contributed by atoms with Crippen LogP contribution in [0, 0.1) is 0 Å². The Hall–Kier alpha value is -3.12. The molecule has 0 saturated carbocycles. The topological polar surface area (TPSA) is 146 Å². The van der Waals surface area contributed by atoms with Crippen LogP contribution in [0.5, 0.6) is 0 Å². The fourth-order valence-electron chi connectivity index (χ4n) is 2.81. The lowest BCUT2D eigenvalue weighted by Crippen LogP contribution is -2.44. The molecular weight excluding hydrogens is 410 g/mol. The van der Waals surface area contributed by atoms with Gasteiger partial charge < -0.3 is 10.6 Å². The number of piperidine rings is 1. The molecular formula is C18H23N7O4S. The Kier molecular flexibility index (Phi) is 7.25. The molecule has 3 N–H and O–H groups in total. The van der Waals surface area contributed by atoms with E-state index >= 15 is 0 Å². The molecule has 1 fully saturated rings. The number of likely N-dealkylation sites (tertiary alicyclic amines) is 1. The molecule has 30 heavy (non-hydrogen) atoms. The largest absolute Gasteiger partial charge is 0.367 e.